The predicted octanol–water partition coefficient (Wildman–Crippen LogP) is 0.964. The van der Waals surface area contributed by atoms with Crippen LogP contribution < -0.4 is 0 Å². The van der Waals surface area contributed by atoms with Crippen molar-refractivity contribution in [3.63, 3.8) is 0 Å². The molecule has 0 spiro atoms. The highest BCUT2D eigenvalue weighted by Crippen LogP contribution is 2.11. The molecule has 0 fully saturated rings. The van der Waals surface area contributed by atoms with Crippen molar-refractivity contribution >= 4 is 23.2 Å². The average Bonchev–Trinajstić information content (AvgIpc) is 1.87. The number of rotatable bonds is 4. The lowest BCUT2D eigenvalue weighted by Gasteiger charge is -2.14. The summed E-state index contributed by atoms with van der Waals surface area (Å²) >= 11 is 11.1. The molecule has 0 aromatic carbocycles. The molecule has 0 bridgehead atoms. The van der Waals surface area contributed by atoms with Gasteiger partial charge in [-0.1, -0.05) is 0 Å². The minimum absolute atomic E-state index is 0.123. The quantitative estimate of drug-likeness (QED) is 0.643. The molecule has 2 nitrogen and oxygen atoms in total. The maximum absolute atomic E-state index is 9.10. The summed E-state index contributed by atoms with van der Waals surface area (Å²) in [6, 6.07) is 0. The molecule has 0 aliphatic heterocycles. The summed E-state index contributed by atoms with van der Waals surface area (Å²) in [4.78, 5) is 0. The summed E-state index contributed by atoms with van der Waals surface area (Å²) in [6.45, 7) is 1.56. The fourth-order valence-corrected chi connectivity index (χ4v) is 0.810. The summed E-state index contributed by atoms with van der Waals surface area (Å²) in [7, 11) is 0. The molecule has 0 aromatic heterocycles. The summed E-state index contributed by atoms with van der Waals surface area (Å²) in [5.74, 6) is 0. The van der Waals surface area contributed by atoms with Gasteiger partial charge >= 0.3 is 0 Å². The van der Waals surface area contributed by atoms with Crippen molar-refractivity contribution in [1.29, 1.82) is 0 Å². The molecule has 0 aliphatic carbocycles. The second kappa shape index (κ2) is 5.19. The van der Waals surface area contributed by atoms with Crippen LogP contribution in [-0.2, 0) is 0 Å². The van der Waals surface area contributed by atoms with Crippen LogP contribution in [-0.4, -0.2) is 33.7 Å². The van der Waals surface area contributed by atoms with Crippen LogP contribution in [0.25, 0.3) is 0 Å². The summed E-state index contributed by atoms with van der Waals surface area (Å²) in [5, 5.41) is 16.9. The minimum Gasteiger partial charge on any atom is -0.395 e. The fraction of sp³-hybridized carbons (Fsp3) is 1.00. The van der Waals surface area contributed by atoms with Crippen LogP contribution in [0.15, 0.2) is 0 Å². The van der Waals surface area contributed by atoms with E-state index in [0.717, 1.165) is 0 Å². The molecule has 4 heteroatoms. The molecular weight excluding hydrogens is 175 g/mol. The molecule has 0 aromatic rings. The monoisotopic (exact) mass is 186 g/mol. The molecule has 0 amide bonds. The number of aliphatic hydroxyl groups excluding tert-OH is 2. The highest BCUT2D eigenvalue weighted by Gasteiger charge is 2.15. The molecule has 10 heavy (non-hydrogen) atoms. The van der Waals surface area contributed by atoms with Gasteiger partial charge in [0.05, 0.1) is 23.5 Å². The first-order valence-corrected chi connectivity index (χ1v) is 4.02. The van der Waals surface area contributed by atoms with E-state index < -0.39 is 11.5 Å². The van der Waals surface area contributed by atoms with Crippen LogP contribution >= 0.6 is 23.2 Å². The summed E-state index contributed by atoms with van der Waals surface area (Å²) in [5.41, 5.74) is 0. The van der Waals surface area contributed by atoms with Crippen molar-refractivity contribution < 1.29 is 10.2 Å². The molecule has 0 saturated carbocycles. The van der Waals surface area contributed by atoms with Gasteiger partial charge in [0.1, 0.15) is 0 Å². The molecule has 3 atom stereocenters. The van der Waals surface area contributed by atoms with Gasteiger partial charge in [-0.3, -0.25) is 0 Å². The van der Waals surface area contributed by atoms with Crippen molar-refractivity contribution in [3.05, 3.63) is 0 Å². The lowest BCUT2D eigenvalue weighted by molar-refractivity contribution is 0.151. The third-order valence-corrected chi connectivity index (χ3v) is 1.83. The Labute approximate surface area is 70.8 Å². The third-order valence-electron chi connectivity index (χ3n) is 1.23. The topological polar surface area (TPSA) is 40.5 Å². The zero-order valence-corrected chi connectivity index (χ0v) is 7.31. The molecule has 2 N–H and O–H groups in total. The summed E-state index contributed by atoms with van der Waals surface area (Å²) in [6.07, 6.45) is -0.292. The van der Waals surface area contributed by atoms with E-state index in [1.54, 1.807) is 6.92 Å². The number of halogens is 2. The van der Waals surface area contributed by atoms with Gasteiger partial charge < -0.3 is 10.2 Å². The van der Waals surface area contributed by atoms with Gasteiger partial charge in [0.25, 0.3) is 0 Å². The maximum atomic E-state index is 9.10. The van der Waals surface area contributed by atoms with E-state index in [1.165, 1.54) is 0 Å². The van der Waals surface area contributed by atoms with Crippen LogP contribution in [0.5, 0.6) is 0 Å². The number of alkyl halides is 2. The first kappa shape index (κ1) is 10.5. The van der Waals surface area contributed by atoms with Crippen molar-refractivity contribution in [1.82, 2.24) is 0 Å². The summed E-state index contributed by atoms with van der Waals surface area (Å²) < 4.78 is 0. The van der Waals surface area contributed by atoms with Gasteiger partial charge in [-0.05, 0) is 13.3 Å². The SMILES string of the molecule is CC(Cl)C(O)CC(Cl)CO. The van der Waals surface area contributed by atoms with Crippen LogP contribution in [0.1, 0.15) is 13.3 Å². The van der Waals surface area contributed by atoms with Crippen LogP contribution in [0, 0.1) is 0 Å². The molecule has 0 aliphatic rings. The Hall–Kier alpha value is 0.500. The Bertz CT molecular complexity index is 87.8. The normalized spacial score (nSPS) is 20.1. The van der Waals surface area contributed by atoms with Crippen LogP contribution in [0.4, 0.5) is 0 Å². The zero-order valence-electron chi connectivity index (χ0n) is 5.80. The highest BCUT2D eigenvalue weighted by atomic mass is 35.5. The fourth-order valence-electron chi connectivity index (χ4n) is 0.524. The van der Waals surface area contributed by atoms with Crippen LogP contribution in [0.3, 0.4) is 0 Å². The Morgan fingerprint density at radius 3 is 2.20 bits per heavy atom. The van der Waals surface area contributed by atoms with Crippen LogP contribution in [0.2, 0.25) is 0 Å². The smallest absolute Gasteiger partial charge is 0.0715 e. The standard InChI is InChI=1S/C6H12Cl2O2/c1-4(7)6(10)2-5(8)3-9/h4-6,9-10H,2-3H2,1H3. The van der Waals surface area contributed by atoms with Gasteiger partial charge in [0, 0.05) is 0 Å². The van der Waals surface area contributed by atoms with Gasteiger partial charge in [-0.25, -0.2) is 0 Å². The zero-order chi connectivity index (χ0) is 8.15. The van der Waals surface area contributed by atoms with E-state index >= 15 is 0 Å². The number of aliphatic hydroxyl groups is 2. The van der Waals surface area contributed by atoms with E-state index in [0.29, 0.717) is 6.42 Å². The predicted molar refractivity (Wildman–Crippen MR) is 42.7 cm³/mol. The van der Waals surface area contributed by atoms with Crippen molar-refractivity contribution in [2.45, 2.75) is 30.2 Å². The molecule has 0 radical (unpaired) electrons. The average molecular weight is 187 g/mol. The van der Waals surface area contributed by atoms with E-state index in [-0.39, 0.29) is 12.0 Å². The van der Waals surface area contributed by atoms with E-state index in [1.807, 2.05) is 0 Å². The van der Waals surface area contributed by atoms with Gasteiger partial charge in [0.15, 0.2) is 0 Å². The minimum atomic E-state index is -0.628. The van der Waals surface area contributed by atoms with Gasteiger partial charge in [-0.15, -0.1) is 23.2 Å². The first-order valence-electron chi connectivity index (χ1n) is 3.15. The number of hydrogen-bond acceptors (Lipinski definition) is 2. The Kier molecular flexibility index (Phi) is 5.45. The first-order chi connectivity index (χ1) is 4.57. The molecule has 0 saturated heterocycles. The second-order valence-corrected chi connectivity index (χ2v) is 3.57. The lowest BCUT2D eigenvalue weighted by Crippen LogP contribution is -2.23. The van der Waals surface area contributed by atoms with Crippen molar-refractivity contribution in [2.24, 2.45) is 0 Å². The maximum Gasteiger partial charge on any atom is 0.0715 e. The molecule has 0 heterocycles. The lowest BCUT2D eigenvalue weighted by atomic mass is 10.1. The Balaban J connectivity index is 3.46. The molecule has 0 rings (SSSR count). The van der Waals surface area contributed by atoms with Crippen molar-refractivity contribution in [3.8, 4) is 0 Å². The number of hydrogen-bond donors (Lipinski definition) is 2. The molecule has 3 unspecified atom stereocenters. The van der Waals surface area contributed by atoms with Gasteiger partial charge in [0.2, 0.25) is 0 Å². The van der Waals surface area contributed by atoms with E-state index in [2.05, 4.69) is 0 Å². The highest BCUT2D eigenvalue weighted by molar-refractivity contribution is 6.21. The van der Waals surface area contributed by atoms with Gasteiger partial charge in [-0.2, -0.15) is 0 Å². The Morgan fingerprint density at radius 2 is 1.90 bits per heavy atom. The van der Waals surface area contributed by atoms with E-state index in [9.17, 15) is 0 Å². The third kappa shape index (κ3) is 4.34. The largest absolute Gasteiger partial charge is 0.395 e. The molecular formula is C6H12Cl2O2. The molecule has 62 valence electrons. The van der Waals surface area contributed by atoms with E-state index in [4.69, 9.17) is 33.4 Å². The second-order valence-electron chi connectivity index (χ2n) is 2.26. The Morgan fingerprint density at radius 1 is 1.40 bits per heavy atom. The van der Waals surface area contributed by atoms with Crippen molar-refractivity contribution in [2.75, 3.05) is 6.61 Å².